The van der Waals surface area contributed by atoms with E-state index >= 15 is 0 Å². The zero-order chi connectivity index (χ0) is 19.3. The van der Waals surface area contributed by atoms with Crippen LogP contribution in [-0.2, 0) is 23.8 Å². The second-order valence-electron chi connectivity index (χ2n) is 6.90. The predicted molar refractivity (Wildman–Crippen MR) is 95.9 cm³/mol. The van der Waals surface area contributed by atoms with E-state index in [0.29, 0.717) is 38.5 Å². The number of methoxy groups -OCH3 is 1. The first-order valence-electron chi connectivity index (χ1n) is 9.07. The second kappa shape index (κ2) is 8.77. The Labute approximate surface area is 158 Å². The molecule has 148 valence electrons. The molecule has 27 heavy (non-hydrogen) atoms. The van der Waals surface area contributed by atoms with Crippen molar-refractivity contribution in [3.05, 3.63) is 30.1 Å². The monoisotopic (exact) mass is 380 g/mol. The summed E-state index contributed by atoms with van der Waals surface area (Å²) in [5.41, 5.74) is -0.130. The maximum absolute atomic E-state index is 13.6. The molecular weight excluding hydrogens is 355 g/mol. The predicted octanol–water partition coefficient (Wildman–Crippen LogP) is 1.21. The van der Waals surface area contributed by atoms with Crippen LogP contribution in [0, 0.1) is 5.82 Å². The van der Waals surface area contributed by atoms with Crippen LogP contribution in [0.4, 0.5) is 10.1 Å². The average molecular weight is 380 g/mol. The van der Waals surface area contributed by atoms with Crippen molar-refractivity contribution < 1.29 is 28.2 Å². The number of hydrogen-bond acceptors (Lipinski definition) is 5. The molecule has 7 nitrogen and oxygen atoms in total. The Morgan fingerprint density at radius 1 is 1.33 bits per heavy atom. The summed E-state index contributed by atoms with van der Waals surface area (Å²) < 4.78 is 29.7. The van der Waals surface area contributed by atoms with E-state index in [1.54, 1.807) is 29.0 Å². The Kier molecular flexibility index (Phi) is 6.41. The van der Waals surface area contributed by atoms with Gasteiger partial charge < -0.3 is 24.0 Å². The summed E-state index contributed by atoms with van der Waals surface area (Å²) in [4.78, 5) is 28.0. The highest BCUT2D eigenvalue weighted by Crippen LogP contribution is 2.32. The Morgan fingerprint density at radius 3 is 2.96 bits per heavy atom. The lowest BCUT2D eigenvalue weighted by molar-refractivity contribution is -0.156. The SMILES string of the molecule is COCCOCC(=O)N1CCCC2(C1)CN(c1cccc(F)c1)C(=O)CO2. The first-order chi connectivity index (χ1) is 13.0. The number of likely N-dealkylation sites (tertiary alicyclic amines) is 1. The molecule has 1 unspecified atom stereocenters. The van der Waals surface area contributed by atoms with Gasteiger partial charge in [0, 0.05) is 19.3 Å². The van der Waals surface area contributed by atoms with Gasteiger partial charge in [0.2, 0.25) is 5.91 Å². The molecule has 0 saturated carbocycles. The number of carbonyl (C=O) groups excluding carboxylic acids is 2. The van der Waals surface area contributed by atoms with Gasteiger partial charge in [0.25, 0.3) is 5.91 Å². The number of rotatable bonds is 6. The number of benzene rings is 1. The van der Waals surface area contributed by atoms with E-state index in [4.69, 9.17) is 14.2 Å². The highest BCUT2D eigenvalue weighted by molar-refractivity contribution is 5.95. The molecule has 0 radical (unpaired) electrons. The third kappa shape index (κ3) is 4.82. The van der Waals surface area contributed by atoms with Gasteiger partial charge in [-0.1, -0.05) is 6.07 Å². The molecule has 1 atom stereocenters. The van der Waals surface area contributed by atoms with Gasteiger partial charge in [-0.2, -0.15) is 0 Å². The number of nitrogens with zero attached hydrogens (tertiary/aromatic N) is 2. The first kappa shape index (κ1) is 19.7. The summed E-state index contributed by atoms with van der Waals surface area (Å²) >= 11 is 0. The molecule has 0 bridgehead atoms. The van der Waals surface area contributed by atoms with Gasteiger partial charge in [-0.05, 0) is 31.0 Å². The molecular formula is C19H25FN2O5. The molecule has 3 rings (SSSR count). The van der Waals surface area contributed by atoms with Crippen LogP contribution in [0.2, 0.25) is 0 Å². The summed E-state index contributed by atoms with van der Waals surface area (Å²) in [6, 6.07) is 5.96. The smallest absolute Gasteiger partial charge is 0.253 e. The molecule has 0 aromatic heterocycles. The summed E-state index contributed by atoms with van der Waals surface area (Å²) in [6.07, 6.45) is 1.51. The quantitative estimate of drug-likeness (QED) is 0.694. The standard InChI is InChI=1S/C19H25FN2O5/c1-25-8-9-26-11-17(23)21-7-3-6-19(13-21)14-22(18(24)12-27-19)16-5-2-4-15(20)10-16/h2,4-5,10H,3,6-9,11-14H2,1H3. The van der Waals surface area contributed by atoms with Gasteiger partial charge in [-0.3, -0.25) is 9.59 Å². The van der Waals surface area contributed by atoms with E-state index in [9.17, 15) is 14.0 Å². The van der Waals surface area contributed by atoms with Crippen molar-refractivity contribution in [1.82, 2.24) is 4.90 Å². The lowest BCUT2D eigenvalue weighted by atomic mass is 9.90. The zero-order valence-electron chi connectivity index (χ0n) is 15.5. The van der Waals surface area contributed by atoms with E-state index in [1.165, 1.54) is 12.1 Å². The maximum atomic E-state index is 13.6. The largest absolute Gasteiger partial charge is 0.382 e. The molecule has 0 aliphatic carbocycles. The molecule has 1 spiro atoms. The molecule has 2 amide bonds. The molecule has 2 aliphatic heterocycles. The van der Waals surface area contributed by atoms with E-state index in [2.05, 4.69) is 0 Å². The minimum Gasteiger partial charge on any atom is -0.382 e. The van der Waals surface area contributed by atoms with Gasteiger partial charge in [-0.15, -0.1) is 0 Å². The lowest BCUT2D eigenvalue weighted by Crippen LogP contribution is -2.62. The van der Waals surface area contributed by atoms with E-state index in [1.807, 2.05) is 0 Å². The highest BCUT2D eigenvalue weighted by Gasteiger charge is 2.44. The van der Waals surface area contributed by atoms with E-state index in [0.717, 1.165) is 12.8 Å². The van der Waals surface area contributed by atoms with Crippen molar-refractivity contribution in [2.45, 2.75) is 18.4 Å². The lowest BCUT2D eigenvalue weighted by Gasteiger charge is -2.47. The fraction of sp³-hybridized carbons (Fsp3) is 0.579. The molecule has 1 aromatic rings. The molecule has 0 N–H and O–H groups in total. The fourth-order valence-electron chi connectivity index (χ4n) is 3.54. The van der Waals surface area contributed by atoms with Crippen LogP contribution in [0.15, 0.2) is 24.3 Å². The minimum atomic E-state index is -0.638. The number of piperidine rings is 1. The third-order valence-corrected chi connectivity index (χ3v) is 4.92. The number of ether oxygens (including phenoxy) is 3. The van der Waals surface area contributed by atoms with Crippen molar-refractivity contribution in [3.8, 4) is 0 Å². The normalized spacial score (nSPS) is 23.1. The number of morpholine rings is 1. The van der Waals surface area contributed by atoms with E-state index < -0.39 is 11.4 Å². The average Bonchev–Trinajstić information content (AvgIpc) is 2.67. The van der Waals surface area contributed by atoms with Gasteiger partial charge in [0.05, 0.1) is 26.3 Å². The molecule has 8 heteroatoms. The number of carbonyl (C=O) groups is 2. The second-order valence-corrected chi connectivity index (χ2v) is 6.90. The third-order valence-electron chi connectivity index (χ3n) is 4.92. The van der Waals surface area contributed by atoms with Gasteiger partial charge in [0.15, 0.2) is 0 Å². The highest BCUT2D eigenvalue weighted by atomic mass is 19.1. The van der Waals surface area contributed by atoms with Gasteiger partial charge in [0.1, 0.15) is 24.6 Å². The molecule has 2 heterocycles. The maximum Gasteiger partial charge on any atom is 0.253 e. The summed E-state index contributed by atoms with van der Waals surface area (Å²) in [7, 11) is 1.58. The van der Waals surface area contributed by atoms with Gasteiger partial charge >= 0.3 is 0 Å². The minimum absolute atomic E-state index is 0.00796. The number of amides is 2. The van der Waals surface area contributed by atoms with E-state index in [-0.39, 0.29) is 25.0 Å². The first-order valence-corrected chi connectivity index (χ1v) is 9.07. The molecule has 1 aromatic carbocycles. The Bertz CT molecular complexity index is 686. The van der Waals surface area contributed by atoms with Crippen LogP contribution in [-0.4, -0.2) is 75.5 Å². The van der Waals surface area contributed by atoms with Crippen LogP contribution in [0.3, 0.4) is 0 Å². The summed E-state index contributed by atoms with van der Waals surface area (Å²) in [6.45, 7) is 2.02. The Balaban J connectivity index is 1.66. The van der Waals surface area contributed by atoms with Crippen LogP contribution in [0.5, 0.6) is 0 Å². The van der Waals surface area contributed by atoms with Crippen LogP contribution in [0.25, 0.3) is 0 Å². The van der Waals surface area contributed by atoms with Crippen molar-refractivity contribution in [3.63, 3.8) is 0 Å². The summed E-state index contributed by atoms with van der Waals surface area (Å²) in [5, 5.41) is 0. The Morgan fingerprint density at radius 2 is 2.19 bits per heavy atom. The summed E-state index contributed by atoms with van der Waals surface area (Å²) in [5.74, 6) is -0.713. The van der Waals surface area contributed by atoms with Gasteiger partial charge in [-0.25, -0.2) is 4.39 Å². The van der Waals surface area contributed by atoms with Crippen molar-refractivity contribution in [1.29, 1.82) is 0 Å². The number of anilines is 1. The topological polar surface area (TPSA) is 68.3 Å². The van der Waals surface area contributed by atoms with Crippen LogP contribution >= 0.6 is 0 Å². The zero-order valence-corrected chi connectivity index (χ0v) is 15.5. The van der Waals surface area contributed by atoms with Crippen LogP contribution in [0.1, 0.15) is 12.8 Å². The molecule has 2 saturated heterocycles. The number of halogens is 1. The van der Waals surface area contributed by atoms with Crippen molar-refractivity contribution in [2.75, 3.05) is 58.1 Å². The van der Waals surface area contributed by atoms with Crippen molar-refractivity contribution in [2.24, 2.45) is 0 Å². The molecule has 2 fully saturated rings. The fourth-order valence-corrected chi connectivity index (χ4v) is 3.54. The van der Waals surface area contributed by atoms with Crippen molar-refractivity contribution >= 4 is 17.5 Å². The van der Waals surface area contributed by atoms with Crippen LogP contribution < -0.4 is 4.90 Å². The number of hydrogen-bond donors (Lipinski definition) is 0. The Hall–Kier alpha value is -2.03. The molecule has 2 aliphatic rings.